The fourth-order valence-electron chi connectivity index (χ4n) is 2.29. The average Bonchev–Trinajstić information content (AvgIpc) is 2.70. The van der Waals surface area contributed by atoms with Gasteiger partial charge in [0.1, 0.15) is 17.3 Å². The van der Waals surface area contributed by atoms with Gasteiger partial charge in [-0.05, 0) is 36.4 Å². The van der Waals surface area contributed by atoms with E-state index < -0.39 is 0 Å². The first-order valence-electron chi connectivity index (χ1n) is 7.86. The van der Waals surface area contributed by atoms with Gasteiger partial charge in [0.15, 0.2) is 0 Å². The lowest BCUT2D eigenvalue weighted by Gasteiger charge is -2.13. The van der Waals surface area contributed by atoms with E-state index in [0.717, 1.165) is 11.4 Å². The molecule has 1 amide bonds. The fourth-order valence-corrected chi connectivity index (χ4v) is 2.29. The molecule has 1 aromatic carbocycles. The summed E-state index contributed by atoms with van der Waals surface area (Å²) in [5.74, 6) is 1.57. The molecule has 0 saturated heterocycles. The first kappa shape index (κ1) is 17.2. The number of carbonyl (C=O) groups is 1. The Hall–Kier alpha value is -3.61. The Morgan fingerprint density at radius 1 is 1.04 bits per heavy atom. The normalized spacial score (nSPS) is 10.1. The van der Waals surface area contributed by atoms with Crippen molar-refractivity contribution in [2.75, 3.05) is 24.9 Å². The van der Waals surface area contributed by atoms with E-state index in [1.807, 2.05) is 24.3 Å². The van der Waals surface area contributed by atoms with Crippen LogP contribution in [-0.2, 0) is 0 Å². The second kappa shape index (κ2) is 7.98. The summed E-state index contributed by atoms with van der Waals surface area (Å²) < 4.78 is 10.6. The van der Waals surface area contributed by atoms with Gasteiger partial charge < -0.3 is 20.1 Å². The SMILES string of the molecule is COc1ccc(OC)c(Nc2ccc(NC(=O)c3cccnc3)nc2)c1. The number of benzene rings is 1. The van der Waals surface area contributed by atoms with Gasteiger partial charge in [-0.1, -0.05) is 0 Å². The van der Waals surface area contributed by atoms with Crippen LogP contribution in [0, 0.1) is 0 Å². The molecular formula is C19H18N4O3. The summed E-state index contributed by atoms with van der Waals surface area (Å²) in [7, 11) is 3.20. The van der Waals surface area contributed by atoms with Crippen molar-refractivity contribution in [1.29, 1.82) is 0 Å². The number of carbonyl (C=O) groups excluding carboxylic acids is 1. The molecule has 7 nitrogen and oxygen atoms in total. The molecular weight excluding hydrogens is 332 g/mol. The summed E-state index contributed by atoms with van der Waals surface area (Å²) in [5.41, 5.74) is 1.97. The van der Waals surface area contributed by atoms with Crippen LogP contribution in [0.4, 0.5) is 17.2 Å². The van der Waals surface area contributed by atoms with Gasteiger partial charge in [-0.15, -0.1) is 0 Å². The lowest BCUT2D eigenvalue weighted by Crippen LogP contribution is -2.13. The van der Waals surface area contributed by atoms with Gasteiger partial charge >= 0.3 is 0 Å². The second-order valence-electron chi connectivity index (χ2n) is 5.32. The molecule has 0 spiro atoms. The standard InChI is InChI=1S/C19H18N4O3/c1-25-15-6-7-17(26-2)16(10-15)22-14-5-8-18(21-12-14)23-19(24)13-4-3-9-20-11-13/h3-12,22H,1-2H3,(H,21,23,24). The molecule has 0 bridgehead atoms. The number of rotatable bonds is 6. The number of hydrogen-bond acceptors (Lipinski definition) is 6. The third kappa shape index (κ3) is 4.07. The Labute approximate surface area is 151 Å². The Bertz CT molecular complexity index is 883. The van der Waals surface area contributed by atoms with Gasteiger partial charge in [-0.2, -0.15) is 0 Å². The molecule has 0 radical (unpaired) electrons. The number of anilines is 3. The molecule has 132 valence electrons. The van der Waals surface area contributed by atoms with Crippen molar-refractivity contribution in [3.05, 3.63) is 66.6 Å². The molecule has 26 heavy (non-hydrogen) atoms. The molecule has 0 aliphatic heterocycles. The van der Waals surface area contributed by atoms with Crippen LogP contribution >= 0.6 is 0 Å². The van der Waals surface area contributed by atoms with Crippen LogP contribution in [0.1, 0.15) is 10.4 Å². The zero-order chi connectivity index (χ0) is 18.4. The third-order valence-corrected chi connectivity index (χ3v) is 3.61. The van der Waals surface area contributed by atoms with E-state index in [2.05, 4.69) is 20.6 Å². The van der Waals surface area contributed by atoms with Gasteiger partial charge in [0.25, 0.3) is 5.91 Å². The lowest BCUT2D eigenvalue weighted by molar-refractivity contribution is 0.102. The van der Waals surface area contributed by atoms with Gasteiger partial charge in [-0.3, -0.25) is 9.78 Å². The molecule has 0 aliphatic carbocycles. The summed E-state index contributed by atoms with van der Waals surface area (Å²) in [6.07, 6.45) is 4.74. The van der Waals surface area contributed by atoms with Crippen molar-refractivity contribution in [2.45, 2.75) is 0 Å². The maximum atomic E-state index is 12.1. The number of methoxy groups -OCH3 is 2. The maximum absolute atomic E-state index is 12.1. The summed E-state index contributed by atoms with van der Waals surface area (Å²) in [4.78, 5) is 20.3. The number of nitrogens with zero attached hydrogens (tertiary/aromatic N) is 2. The molecule has 0 atom stereocenters. The fraction of sp³-hybridized carbons (Fsp3) is 0.105. The minimum absolute atomic E-state index is 0.263. The highest BCUT2D eigenvalue weighted by molar-refractivity contribution is 6.03. The topological polar surface area (TPSA) is 85.4 Å². The van der Waals surface area contributed by atoms with E-state index in [1.165, 1.54) is 6.20 Å². The first-order chi connectivity index (χ1) is 12.7. The van der Waals surface area contributed by atoms with Crippen LogP contribution in [0.3, 0.4) is 0 Å². The van der Waals surface area contributed by atoms with Crippen LogP contribution in [0.5, 0.6) is 11.5 Å². The zero-order valence-corrected chi connectivity index (χ0v) is 14.4. The molecule has 2 aromatic heterocycles. The Morgan fingerprint density at radius 2 is 1.92 bits per heavy atom. The van der Waals surface area contributed by atoms with Crippen molar-refractivity contribution < 1.29 is 14.3 Å². The molecule has 7 heteroatoms. The van der Waals surface area contributed by atoms with Gasteiger partial charge in [0, 0.05) is 18.5 Å². The highest BCUT2D eigenvalue weighted by Gasteiger charge is 2.08. The second-order valence-corrected chi connectivity index (χ2v) is 5.32. The van der Waals surface area contributed by atoms with Crippen LogP contribution < -0.4 is 20.1 Å². The van der Waals surface area contributed by atoms with E-state index in [0.29, 0.717) is 22.9 Å². The molecule has 0 aliphatic rings. The van der Waals surface area contributed by atoms with Crippen LogP contribution in [-0.4, -0.2) is 30.1 Å². The number of nitrogens with one attached hydrogen (secondary N) is 2. The number of pyridine rings is 2. The van der Waals surface area contributed by atoms with Crippen LogP contribution in [0.2, 0.25) is 0 Å². The summed E-state index contributed by atoms with van der Waals surface area (Å²) in [6.45, 7) is 0. The van der Waals surface area contributed by atoms with Crippen LogP contribution in [0.15, 0.2) is 61.1 Å². The van der Waals surface area contributed by atoms with Gasteiger partial charge in [0.05, 0.1) is 37.4 Å². The highest BCUT2D eigenvalue weighted by atomic mass is 16.5. The molecule has 2 N–H and O–H groups in total. The predicted octanol–water partition coefficient (Wildman–Crippen LogP) is 3.49. The Kier molecular flexibility index (Phi) is 5.28. The minimum Gasteiger partial charge on any atom is -0.497 e. The third-order valence-electron chi connectivity index (χ3n) is 3.61. The monoisotopic (exact) mass is 350 g/mol. The molecule has 2 heterocycles. The molecule has 0 saturated carbocycles. The van der Waals surface area contributed by atoms with Crippen molar-refractivity contribution in [3.63, 3.8) is 0 Å². The molecule has 0 fully saturated rings. The van der Waals surface area contributed by atoms with Gasteiger partial charge in [0.2, 0.25) is 0 Å². The number of hydrogen-bond donors (Lipinski definition) is 2. The van der Waals surface area contributed by atoms with Gasteiger partial charge in [-0.25, -0.2) is 4.98 Å². The zero-order valence-electron chi connectivity index (χ0n) is 14.4. The molecule has 3 rings (SSSR count). The quantitative estimate of drug-likeness (QED) is 0.708. The van der Waals surface area contributed by atoms with E-state index >= 15 is 0 Å². The lowest BCUT2D eigenvalue weighted by atomic mass is 10.2. The Balaban J connectivity index is 1.71. The highest BCUT2D eigenvalue weighted by Crippen LogP contribution is 2.31. The molecule has 0 unspecified atom stereocenters. The maximum Gasteiger partial charge on any atom is 0.258 e. The van der Waals surface area contributed by atoms with E-state index in [9.17, 15) is 4.79 Å². The van der Waals surface area contributed by atoms with Crippen molar-refractivity contribution >= 4 is 23.1 Å². The van der Waals surface area contributed by atoms with Crippen LogP contribution in [0.25, 0.3) is 0 Å². The predicted molar refractivity (Wildman–Crippen MR) is 99.3 cm³/mol. The first-order valence-corrected chi connectivity index (χ1v) is 7.86. The summed E-state index contributed by atoms with van der Waals surface area (Å²) in [6, 6.07) is 12.4. The summed E-state index contributed by atoms with van der Waals surface area (Å²) in [5, 5.41) is 5.95. The smallest absolute Gasteiger partial charge is 0.258 e. The van der Waals surface area contributed by atoms with Crippen molar-refractivity contribution in [1.82, 2.24) is 9.97 Å². The van der Waals surface area contributed by atoms with E-state index in [-0.39, 0.29) is 5.91 Å². The van der Waals surface area contributed by atoms with E-state index in [1.54, 1.807) is 44.8 Å². The largest absolute Gasteiger partial charge is 0.497 e. The number of aromatic nitrogens is 2. The minimum atomic E-state index is -0.263. The van der Waals surface area contributed by atoms with Crippen molar-refractivity contribution in [3.8, 4) is 11.5 Å². The van der Waals surface area contributed by atoms with E-state index in [4.69, 9.17) is 9.47 Å². The number of amides is 1. The number of ether oxygens (including phenoxy) is 2. The molecule has 3 aromatic rings. The summed E-state index contributed by atoms with van der Waals surface area (Å²) >= 11 is 0. The average molecular weight is 350 g/mol. The Morgan fingerprint density at radius 3 is 2.58 bits per heavy atom. The van der Waals surface area contributed by atoms with Crippen molar-refractivity contribution in [2.24, 2.45) is 0 Å².